The second-order valence-corrected chi connectivity index (χ2v) is 4.19. The van der Waals surface area contributed by atoms with Crippen LogP contribution in [0, 0.1) is 5.82 Å². The van der Waals surface area contributed by atoms with E-state index in [1.54, 1.807) is 0 Å². The SMILES string of the molecule is COc1ccc(O)c(C(=O)Nc2ccc(F)c(OC)c2)c1. The van der Waals surface area contributed by atoms with E-state index in [-0.39, 0.29) is 17.1 Å². The third-order valence-corrected chi connectivity index (χ3v) is 2.86. The Bertz CT molecular complexity index is 673. The average Bonchev–Trinajstić information content (AvgIpc) is 2.49. The second-order valence-electron chi connectivity index (χ2n) is 4.19. The Morgan fingerprint density at radius 1 is 1.14 bits per heavy atom. The summed E-state index contributed by atoms with van der Waals surface area (Å²) in [6.45, 7) is 0. The number of halogens is 1. The molecule has 2 aromatic carbocycles. The van der Waals surface area contributed by atoms with Crippen molar-refractivity contribution in [2.45, 2.75) is 0 Å². The topological polar surface area (TPSA) is 67.8 Å². The first-order chi connectivity index (χ1) is 10.0. The largest absolute Gasteiger partial charge is 0.507 e. The number of hydrogen-bond acceptors (Lipinski definition) is 4. The molecule has 0 radical (unpaired) electrons. The Morgan fingerprint density at radius 3 is 2.57 bits per heavy atom. The van der Waals surface area contributed by atoms with Gasteiger partial charge in [0.2, 0.25) is 0 Å². The van der Waals surface area contributed by atoms with Gasteiger partial charge in [-0.25, -0.2) is 4.39 Å². The summed E-state index contributed by atoms with van der Waals surface area (Å²) in [5.74, 6) is -0.792. The molecular weight excluding hydrogens is 277 g/mol. The van der Waals surface area contributed by atoms with Crippen molar-refractivity contribution in [2.75, 3.05) is 19.5 Å². The van der Waals surface area contributed by atoms with E-state index in [9.17, 15) is 14.3 Å². The van der Waals surface area contributed by atoms with Gasteiger partial charge < -0.3 is 19.9 Å². The zero-order chi connectivity index (χ0) is 15.4. The van der Waals surface area contributed by atoms with E-state index in [2.05, 4.69) is 5.32 Å². The third-order valence-electron chi connectivity index (χ3n) is 2.86. The molecule has 0 saturated carbocycles. The zero-order valence-corrected chi connectivity index (χ0v) is 11.5. The lowest BCUT2D eigenvalue weighted by molar-refractivity contribution is 0.102. The first kappa shape index (κ1) is 14.6. The highest BCUT2D eigenvalue weighted by Crippen LogP contribution is 2.25. The fourth-order valence-corrected chi connectivity index (χ4v) is 1.76. The monoisotopic (exact) mass is 291 g/mol. The molecule has 1 amide bonds. The number of rotatable bonds is 4. The van der Waals surface area contributed by atoms with E-state index in [0.29, 0.717) is 11.4 Å². The Labute approximate surface area is 120 Å². The molecular formula is C15H14FNO4. The van der Waals surface area contributed by atoms with Crippen LogP contribution in [-0.4, -0.2) is 25.2 Å². The van der Waals surface area contributed by atoms with Gasteiger partial charge in [-0.3, -0.25) is 4.79 Å². The minimum atomic E-state index is -0.542. The summed E-state index contributed by atoms with van der Waals surface area (Å²) in [7, 11) is 2.79. The van der Waals surface area contributed by atoms with E-state index in [1.165, 1.54) is 50.6 Å². The molecule has 0 heterocycles. The molecule has 0 bridgehead atoms. The van der Waals surface area contributed by atoms with Crippen LogP contribution in [-0.2, 0) is 0 Å². The van der Waals surface area contributed by atoms with Gasteiger partial charge in [0.25, 0.3) is 5.91 Å². The van der Waals surface area contributed by atoms with Crippen LogP contribution in [0.5, 0.6) is 17.2 Å². The molecule has 0 spiro atoms. The number of benzene rings is 2. The van der Waals surface area contributed by atoms with Crippen molar-refractivity contribution in [1.82, 2.24) is 0 Å². The van der Waals surface area contributed by atoms with Gasteiger partial charge >= 0.3 is 0 Å². The number of nitrogens with one attached hydrogen (secondary N) is 1. The van der Waals surface area contributed by atoms with Crippen LogP contribution in [0.1, 0.15) is 10.4 Å². The molecule has 5 nitrogen and oxygen atoms in total. The van der Waals surface area contributed by atoms with Crippen molar-refractivity contribution in [3.05, 3.63) is 47.8 Å². The van der Waals surface area contributed by atoms with Crippen molar-refractivity contribution in [2.24, 2.45) is 0 Å². The lowest BCUT2D eigenvalue weighted by atomic mass is 10.1. The number of carbonyl (C=O) groups excluding carboxylic acids is 1. The van der Waals surface area contributed by atoms with E-state index >= 15 is 0 Å². The van der Waals surface area contributed by atoms with Gasteiger partial charge in [0.1, 0.15) is 11.5 Å². The minimum Gasteiger partial charge on any atom is -0.507 e. The van der Waals surface area contributed by atoms with Crippen LogP contribution in [0.4, 0.5) is 10.1 Å². The summed E-state index contributed by atoms with van der Waals surface area (Å²) in [5, 5.41) is 12.3. The van der Waals surface area contributed by atoms with Gasteiger partial charge in [-0.05, 0) is 30.3 Å². The van der Waals surface area contributed by atoms with Gasteiger partial charge in [0.05, 0.1) is 19.8 Å². The highest BCUT2D eigenvalue weighted by atomic mass is 19.1. The number of methoxy groups -OCH3 is 2. The van der Waals surface area contributed by atoms with Crippen LogP contribution in [0.15, 0.2) is 36.4 Å². The molecule has 0 unspecified atom stereocenters. The molecule has 0 saturated heterocycles. The summed E-state index contributed by atoms with van der Waals surface area (Å²) in [4.78, 5) is 12.1. The standard InChI is InChI=1S/C15H14FNO4/c1-20-10-4-6-13(18)11(8-10)15(19)17-9-3-5-12(16)14(7-9)21-2/h3-8,18H,1-2H3,(H,17,19). The highest BCUT2D eigenvalue weighted by Gasteiger charge is 2.13. The molecule has 21 heavy (non-hydrogen) atoms. The number of ether oxygens (including phenoxy) is 2. The van der Waals surface area contributed by atoms with Gasteiger partial charge in [0.15, 0.2) is 11.6 Å². The number of phenols is 1. The third kappa shape index (κ3) is 3.22. The molecule has 2 rings (SSSR count). The van der Waals surface area contributed by atoms with Crippen LogP contribution < -0.4 is 14.8 Å². The van der Waals surface area contributed by atoms with Crippen LogP contribution in [0.25, 0.3) is 0 Å². The molecule has 0 aliphatic carbocycles. The maximum Gasteiger partial charge on any atom is 0.259 e. The van der Waals surface area contributed by atoms with Gasteiger partial charge in [-0.1, -0.05) is 0 Å². The van der Waals surface area contributed by atoms with E-state index in [0.717, 1.165) is 0 Å². The molecule has 0 aliphatic heterocycles. The Balaban J connectivity index is 2.25. The molecule has 0 fully saturated rings. The predicted octanol–water partition coefficient (Wildman–Crippen LogP) is 2.80. The second kappa shape index (κ2) is 6.13. The molecule has 2 aromatic rings. The fraction of sp³-hybridized carbons (Fsp3) is 0.133. The summed E-state index contributed by atoms with van der Waals surface area (Å²) in [6, 6.07) is 8.23. The molecule has 0 aromatic heterocycles. The average molecular weight is 291 g/mol. The zero-order valence-electron chi connectivity index (χ0n) is 11.5. The minimum absolute atomic E-state index is 0.0164. The van der Waals surface area contributed by atoms with E-state index in [1.807, 2.05) is 0 Å². The van der Waals surface area contributed by atoms with Gasteiger partial charge in [0, 0.05) is 11.8 Å². The van der Waals surface area contributed by atoms with Crippen LogP contribution in [0.2, 0.25) is 0 Å². The molecule has 110 valence electrons. The number of hydrogen-bond donors (Lipinski definition) is 2. The molecule has 2 N–H and O–H groups in total. The molecule has 0 atom stereocenters. The van der Waals surface area contributed by atoms with Crippen LogP contribution in [0.3, 0.4) is 0 Å². The highest BCUT2D eigenvalue weighted by molar-refractivity contribution is 6.06. The van der Waals surface area contributed by atoms with Gasteiger partial charge in [-0.15, -0.1) is 0 Å². The van der Waals surface area contributed by atoms with E-state index in [4.69, 9.17) is 9.47 Å². The van der Waals surface area contributed by atoms with Crippen molar-refractivity contribution in [3.63, 3.8) is 0 Å². The maximum atomic E-state index is 13.3. The molecule has 0 aliphatic rings. The Kier molecular flexibility index (Phi) is 4.27. The van der Waals surface area contributed by atoms with Gasteiger partial charge in [-0.2, -0.15) is 0 Å². The van der Waals surface area contributed by atoms with Crippen LogP contribution >= 0.6 is 0 Å². The lowest BCUT2D eigenvalue weighted by Crippen LogP contribution is -2.12. The summed E-state index contributed by atoms with van der Waals surface area (Å²) < 4.78 is 23.1. The Morgan fingerprint density at radius 2 is 1.90 bits per heavy atom. The summed E-state index contributed by atoms with van der Waals surface area (Å²) in [6.07, 6.45) is 0. The number of carbonyl (C=O) groups is 1. The van der Waals surface area contributed by atoms with Crippen molar-refractivity contribution in [1.29, 1.82) is 0 Å². The smallest absolute Gasteiger partial charge is 0.259 e. The Hall–Kier alpha value is -2.76. The van der Waals surface area contributed by atoms with Crippen molar-refractivity contribution >= 4 is 11.6 Å². The normalized spacial score (nSPS) is 10.0. The fourth-order valence-electron chi connectivity index (χ4n) is 1.76. The number of amides is 1. The predicted molar refractivity (Wildman–Crippen MR) is 75.6 cm³/mol. The van der Waals surface area contributed by atoms with Crippen molar-refractivity contribution < 1.29 is 23.8 Å². The summed E-state index contributed by atoms with van der Waals surface area (Å²) >= 11 is 0. The summed E-state index contributed by atoms with van der Waals surface area (Å²) in [5.41, 5.74) is 0.401. The lowest BCUT2D eigenvalue weighted by Gasteiger charge is -2.10. The van der Waals surface area contributed by atoms with Crippen molar-refractivity contribution in [3.8, 4) is 17.2 Å². The first-order valence-electron chi connectivity index (χ1n) is 6.07. The number of aromatic hydroxyl groups is 1. The maximum absolute atomic E-state index is 13.3. The molecule has 6 heteroatoms. The van der Waals surface area contributed by atoms with E-state index < -0.39 is 11.7 Å². The number of phenolic OH excluding ortho intramolecular Hbond substituents is 1. The quantitative estimate of drug-likeness (QED) is 0.909. The first-order valence-corrected chi connectivity index (χ1v) is 6.07. The number of anilines is 1.